The lowest BCUT2D eigenvalue weighted by Gasteiger charge is -2.27. The van der Waals surface area contributed by atoms with Crippen LogP contribution in [0.4, 0.5) is 0 Å². The highest BCUT2D eigenvalue weighted by Gasteiger charge is 2.58. The van der Waals surface area contributed by atoms with Crippen LogP contribution in [0.1, 0.15) is 25.8 Å². The Morgan fingerprint density at radius 1 is 1.16 bits per heavy atom. The Hall–Kier alpha value is -2.83. The number of guanidine groups is 1. The van der Waals surface area contributed by atoms with Gasteiger partial charge in [0.2, 0.25) is 11.8 Å². The third-order valence-corrected chi connectivity index (χ3v) is 6.96. The number of fused-ring (bicyclic) bond motifs is 5. The van der Waals surface area contributed by atoms with E-state index in [2.05, 4.69) is 47.7 Å². The zero-order valence-corrected chi connectivity index (χ0v) is 18.7. The molecular formula is C24H32N4O3. The minimum Gasteiger partial charge on any atom is -0.497 e. The highest BCUT2D eigenvalue weighted by Crippen LogP contribution is 2.52. The number of carbonyl (C=O) groups excluding carboxylic acids is 2. The van der Waals surface area contributed by atoms with Crippen molar-refractivity contribution in [2.45, 2.75) is 25.7 Å². The van der Waals surface area contributed by atoms with Crippen LogP contribution >= 0.6 is 0 Å². The molecule has 1 aliphatic heterocycles. The average Bonchev–Trinajstić information content (AvgIpc) is 3.45. The number of hydrogen-bond donors (Lipinski definition) is 2. The topological polar surface area (TPSA) is 83.0 Å². The Labute approximate surface area is 183 Å². The van der Waals surface area contributed by atoms with Gasteiger partial charge in [0.25, 0.3) is 0 Å². The summed E-state index contributed by atoms with van der Waals surface area (Å²) < 4.78 is 5.34. The molecule has 2 bridgehead atoms. The summed E-state index contributed by atoms with van der Waals surface area (Å²) in [6.45, 7) is 5.82. The number of nitrogens with one attached hydrogen (secondary N) is 2. The van der Waals surface area contributed by atoms with Gasteiger partial charge in [0, 0.05) is 32.1 Å². The van der Waals surface area contributed by atoms with Crippen molar-refractivity contribution in [1.82, 2.24) is 15.5 Å². The Kier molecular flexibility index (Phi) is 5.77. The molecule has 1 aromatic carbocycles. The monoisotopic (exact) mass is 424 g/mol. The van der Waals surface area contributed by atoms with Crippen LogP contribution in [0.2, 0.25) is 0 Å². The fourth-order valence-electron chi connectivity index (χ4n) is 5.14. The summed E-state index contributed by atoms with van der Waals surface area (Å²) >= 11 is 0. The van der Waals surface area contributed by atoms with E-state index in [0.29, 0.717) is 25.6 Å². The molecule has 3 aliphatic rings. The van der Waals surface area contributed by atoms with Crippen LogP contribution in [0, 0.1) is 23.7 Å². The fourth-order valence-corrected chi connectivity index (χ4v) is 5.14. The van der Waals surface area contributed by atoms with Crippen LogP contribution in [0.15, 0.2) is 41.4 Å². The standard InChI is InChI=1S/C24H32N4O3/c1-24(2,17-6-5-7-18(13-17)31-4)14-27-23(25-3)26-10-11-28-21(29)19-15-8-9-16(12-15)20(19)22(28)30/h5-9,13,15-16,19-20H,10-12,14H2,1-4H3,(H2,25,26,27). The first-order valence-corrected chi connectivity index (χ1v) is 11.0. The van der Waals surface area contributed by atoms with Gasteiger partial charge in [0.1, 0.15) is 5.75 Å². The van der Waals surface area contributed by atoms with Gasteiger partial charge in [-0.25, -0.2) is 0 Å². The van der Waals surface area contributed by atoms with Crippen molar-refractivity contribution in [3.8, 4) is 5.75 Å². The molecule has 7 nitrogen and oxygen atoms in total. The van der Waals surface area contributed by atoms with Gasteiger partial charge in [0.15, 0.2) is 5.96 Å². The summed E-state index contributed by atoms with van der Waals surface area (Å²) in [5, 5.41) is 6.60. The molecule has 1 saturated carbocycles. The van der Waals surface area contributed by atoms with Crippen molar-refractivity contribution < 1.29 is 14.3 Å². The molecule has 31 heavy (non-hydrogen) atoms. The van der Waals surface area contributed by atoms with Gasteiger partial charge in [-0.05, 0) is 36.0 Å². The molecule has 4 rings (SSSR count). The SMILES string of the molecule is CN=C(NCCN1C(=O)C2C3C=CC(C3)C2C1=O)NCC(C)(C)c1cccc(OC)c1. The van der Waals surface area contributed by atoms with Gasteiger partial charge in [-0.3, -0.25) is 19.5 Å². The average molecular weight is 425 g/mol. The third kappa shape index (κ3) is 3.93. The predicted octanol–water partition coefficient (Wildman–Crippen LogP) is 1.94. The largest absolute Gasteiger partial charge is 0.497 e. The maximum absolute atomic E-state index is 12.8. The van der Waals surface area contributed by atoms with Crippen LogP contribution in [0.3, 0.4) is 0 Å². The number of allylic oxidation sites excluding steroid dienone is 2. The number of methoxy groups -OCH3 is 1. The minimum atomic E-state index is -0.142. The number of nitrogens with zero attached hydrogens (tertiary/aromatic N) is 2. The van der Waals surface area contributed by atoms with Crippen molar-refractivity contribution in [3.05, 3.63) is 42.0 Å². The van der Waals surface area contributed by atoms with E-state index in [9.17, 15) is 9.59 Å². The van der Waals surface area contributed by atoms with E-state index in [1.165, 1.54) is 4.90 Å². The second kappa shape index (κ2) is 8.36. The number of ether oxygens (including phenoxy) is 1. The third-order valence-electron chi connectivity index (χ3n) is 6.96. The van der Waals surface area contributed by atoms with Crippen LogP contribution in [-0.2, 0) is 15.0 Å². The number of imide groups is 1. The minimum absolute atomic E-state index is 0.00393. The Morgan fingerprint density at radius 2 is 1.84 bits per heavy atom. The molecule has 2 amide bonds. The van der Waals surface area contributed by atoms with E-state index in [1.54, 1.807) is 14.2 Å². The molecule has 4 atom stereocenters. The Bertz CT molecular complexity index is 893. The smallest absolute Gasteiger partial charge is 0.233 e. The Morgan fingerprint density at radius 3 is 2.45 bits per heavy atom. The van der Waals surface area contributed by atoms with E-state index >= 15 is 0 Å². The van der Waals surface area contributed by atoms with E-state index in [-0.39, 0.29) is 40.9 Å². The molecule has 1 aromatic rings. The van der Waals surface area contributed by atoms with Crippen molar-refractivity contribution >= 4 is 17.8 Å². The zero-order chi connectivity index (χ0) is 22.2. The summed E-state index contributed by atoms with van der Waals surface area (Å²) in [7, 11) is 3.38. The quantitative estimate of drug-likeness (QED) is 0.303. The summed E-state index contributed by atoms with van der Waals surface area (Å²) in [6, 6.07) is 8.05. The molecule has 7 heteroatoms. The molecule has 2 fully saturated rings. The summed E-state index contributed by atoms with van der Waals surface area (Å²) in [6.07, 6.45) is 5.20. The number of hydrogen-bond acceptors (Lipinski definition) is 4. The lowest BCUT2D eigenvalue weighted by Crippen LogP contribution is -2.46. The van der Waals surface area contributed by atoms with Gasteiger partial charge in [-0.15, -0.1) is 0 Å². The van der Waals surface area contributed by atoms with Crippen molar-refractivity contribution in [2.24, 2.45) is 28.7 Å². The molecule has 4 unspecified atom stereocenters. The lowest BCUT2D eigenvalue weighted by molar-refractivity contribution is -0.140. The number of amides is 2. The molecule has 2 aliphatic carbocycles. The molecule has 0 aromatic heterocycles. The number of carbonyl (C=O) groups is 2. The van der Waals surface area contributed by atoms with Crippen molar-refractivity contribution in [3.63, 3.8) is 0 Å². The summed E-state index contributed by atoms with van der Waals surface area (Å²) in [5.41, 5.74) is 1.02. The van der Waals surface area contributed by atoms with Gasteiger partial charge in [0.05, 0.1) is 18.9 Å². The van der Waals surface area contributed by atoms with E-state index < -0.39 is 0 Å². The van der Waals surface area contributed by atoms with E-state index in [0.717, 1.165) is 17.7 Å². The van der Waals surface area contributed by atoms with Crippen LogP contribution in [0.25, 0.3) is 0 Å². The molecule has 1 heterocycles. The van der Waals surface area contributed by atoms with Crippen LogP contribution in [0.5, 0.6) is 5.75 Å². The maximum Gasteiger partial charge on any atom is 0.233 e. The summed E-state index contributed by atoms with van der Waals surface area (Å²) in [5.74, 6) is 1.70. The van der Waals surface area contributed by atoms with Gasteiger partial charge < -0.3 is 15.4 Å². The fraction of sp³-hybridized carbons (Fsp3) is 0.542. The maximum atomic E-state index is 12.8. The number of benzene rings is 1. The number of likely N-dealkylation sites (tertiary alicyclic amines) is 1. The second-order valence-electron chi connectivity index (χ2n) is 9.30. The van der Waals surface area contributed by atoms with Crippen LogP contribution in [-0.4, -0.2) is 56.5 Å². The van der Waals surface area contributed by atoms with Crippen LogP contribution < -0.4 is 15.4 Å². The Balaban J connectivity index is 1.28. The predicted molar refractivity (Wildman–Crippen MR) is 120 cm³/mol. The molecule has 166 valence electrons. The highest BCUT2D eigenvalue weighted by atomic mass is 16.5. The zero-order valence-electron chi connectivity index (χ0n) is 18.7. The van der Waals surface area contributed by atoms with Crippen molar-refractivity contribution in [1.29, 1.82) is 0 Å². The van der Waals surface area contributed by atoms with E-state index in [4.69, 9.17) is 4.74 Å². The molecule has 0 spiro atoms. The lowest BCUT2D eigenvalue weighted by atomic mass is 9.84. The first-order valence-electron chi connectivity index (χ1n) is 11.0. The first-order chi connectivity index (χ1) is 14.9. The second-order valence-corrected chi connectivity index (χ2v) is 9.30. The van der Waals surface area contributed by atoms with Crippen molar-refractivity contribution in [2.75, 3.05) is 33.8 Å². The highest BCUT2D eigenvalue weighted by molar-refractivity contribution is 6.06. The first kappa shape index (κ1) is 21.4. The molecule has 1 saturated heterocycles. The molecule has 2 N–H and O–H groups in total. The van der Waals surface area contributed by atoms with E-state index in [1.807, 2.05) is 18.2 Å². The summed E-state index contributed by atoms with van der Waals surface area (Å²) in [4.78, 5) is 31.3. The molecule has 0 radical (unpaired) electrons. The molecular weight excluding hydrogens is 392 g/mol. The number of aliphatic imine (C=N–C) groups is 1. The van der Waals surface area contributed by atoms with Gasteiger partial charge in [-0.2, -0.15) is 0 Å². The normalized spacial score (nSPS) is 27.1. The number of rotatable bonds is 7. The van der Waals surface area contributed by atoms with Gasteiger partial charge >= 0.3 is 0 Å². The van der Waals surface area contributed by atoms with Gasteiger partial charge in [-0.1, -0.05) is 38.1 Å².